The van der Waals surface area contributed by atoms with Crippen molar-refractivity contribution >= 4 is 21.8 Å². The lowest BCUT2D eigenvalue weighted by molar-refractivity contribution is 0.0942. The van der Waals surface area contributed by atoms with Crippen LogP contribution in [0.1, 0.15) is 21.7 Å². The SMILES string of the molecule is Cc1nn(-c2ccc(C(=O)NCC3CNC3)cc2)c(C)c1Br. The number of nitrogens with one attached hydrogen (secondary N) is 2. The number of benzene rings is 1. The first-order valence-corrected chi connectivity index (χ1v) is 8.16. The maximum Gasteiger partial charge on any atom is 0.251 e. The first-order valence-electron chi connectivity index (χ1n) is 7.37. The molecule has 22 heavy (non-hydrogen) atoms. The van der Waals surface area contributed by atoms with Crippen LogP contribution in [-0.4, -0.2) is 35.3 Å². The van der Waals surface area contributed by atoms with Gasteiger partial charge in [0.2, 0.25) is 0 Å². The molecule has 5 nitrogen and oxygen atoms in total. The molecule has 2 N–H and O–H groups in total. The van der Waals surface area contributed by atoms with Gasteiger partial charge >= 0.3 is 0 Å². The highest BCUT2D eigenvalue weighted by molar-refractivity contribution is 9.10. The Morgan fingerprint density at radius 1 is 1.36 bits per heavy atom. The third-order valence-electron chi connectivity index (χ3n) is 3.99. The summed E-state index contributed by atoms with van der Waals surface area (Å²) in [5.41, 5.74) is 3.63. The van der Waals surface area contributed by atoms with Crippen molar-refractivity contribution in [1.29, 1.82) is 0 Å². The predicted octanol–water partition coefficient (Wildman–Crippen LogP) is 2.20. The summed E-state index contributed by atoms with van der Waals surface area (Å²) in [6.07, 6.45) is 0. The van der Waals surface area contributed by atoms with Crippen LogP contribution in [0.4, 0.5) is 0 Å². The molecule has 3 rings (SSSR count). The minimum atomic E-state index is -0.0204. The van der Waals surface area contributed by atoms with Crippen LogP contribution in [0.3, 0.4) is 0 Å². The van der Waals surface area contributed by atoms with Crippen LogP contribution in [0.5, 0.6) is 0 Å². The lowest BCUT2D eigenvalue weighted by atomic mass is 10.0. The number of hydrogen-bond donors (Lipinski definition) is 2. The highest BCUT2D eigenvalue weighted by Gasteiger charge is 2.17. The Morgan fingerprint density at radius 2 is 2.05 bits per heavy atom. The molecule has 2 heterocycles. The predicted molar refractivity (Wildman–Crippen MR) is 89.4 cm³/mol. The molecule has 0 bridgehead atoms. The molecule has 1 aliphatic rings. The van der Waals surface area contributed by atoms with Gasteiger partial charge in [0.05, 0.1) is 21.5 Å². The topological polar surface area (TPSA) is 59.0 Å². The van der Waals surface area contributed by atoms with Crippen molar-refractivity contribution in [2.75, 3.05) is 19.6 Å². The zero-order valence-electron chi connectivity index (χ0n) is 12.7. The average molecular weight is 363 g/mol. The van der Waals surface area contributed by atoms with Crippen molar-refractivity contribution in [2.45, 2.75) is 13.8 Å². The van der Waals surface area contributed by atoms with E-state index in [0.29, 0.717) is 11.5 Å². The smallest absolute Gasteiger partial charge is 0.251 e. The van der Waals surface area contributed by atoms with Gasteiger partial charge in [-0.2, -0.15) is 5.10 Å². The monoisotopic (exact) mass is 362 g/mol. The van der Waals surface area contributed by atoms with Crippen molar-refractivity contribution in [3.8, 4) is 5.69 Å². The summed E-state index contributed by atoms with van der Waals surface area (Å²) in [4.78, 5) is 12.1. The van der Waals surface area contributed by atoms with E-state index in [0.717, 1.165) is 41.2 Å². The van der Waals surface area contributed by atoms with E-state index in [1.807, 2.05) is 42.8 Å². The molecule has 0 unspecified atom stereocenters. The van der Waals surface area contributed by atoms with Crippen LogP contribution in [-0.2, 0) is 0 Å². The second kappa shape index (κ2) is 6.22. The van der Waals surface area contributed by atoms with Crippen LogP contribution in [0.25, 0.3) is 5.69 Å². The molecular formula is C16H19BrN4O. The number of halogens is 1. The van der Waals surface area contributed by atoms with Crippen molar-refractivity contribution in [1.82, 2.24) is 20.4 Å². The lowest BCUT2D eigenvalue weighted by Gasteiger charge is -2.27. The van der Waals surface area contributed by atoms with Crippen molar-refractivity contribution < 1.29 is 4.79 Å². The van der Waals surface area contributed by atoms with Gasteiger partial charge in [-0.3, -0.25) is 4.79 Å². The van der Waals surface area contributed by atoms with Gasteiger partial charge in [-0.1, -0.05) is 0 Å². The van der Waals surface area contributed by atoms with Crippen LogP contribution >= 0.6 is 15.9 Å². The van der Waals surface area contributed by atoms with Gasteiger partial charge < -0.3 is 10.6 Å². The number of nitrogens with zero attached hydrogens (tertiary/aromatic N) is 2. The molecule has 1 saturated heterocycles. The maximum absolute atomic E-state index is 12.1. The Hall–Kier alpha value is -1.66. The van der Waals surface area contributed by atoms with E-state index < -0.39 is 0 Å². The number of aryl methyl sites for hydroxylation is 1. The number of hydrogen-bond acceptors (Lipinski definition) is 3. The average Bonchev–Trinajstić information content (AvgIpc) is 2.73. The molecule has 1 aromatic carbocycles. The molecular weight excluding hydrogens is 344 g/mol. The second-order valence-electron chi connectivity index (χ2n) is 5.68. The minimum Gasteiger partial charge on any atom is -0.352 e. The zero-order valence-corrected chi connectivity index (χ0v) is 14.3. The van der Waals surface area contributed by atoms with E-state index >= 15 is 0 Å². The maximum atomic E-state index is 12.1. The number of rotatable bonds is 4. The summed E-state index contributed by atoms with van der Waals surface area (Å²) in [6.45, 7) is 6.69. The van der Waals surface area contributed by atoms with Crippen molar-refractivity contribution in [2.24, 2.45) is 5.92 Å². The molecule has 1 aliphatic heterocycles. The second-order valence-corrected chi connectivity index (χ2v) is 6.47. The number of carbonyl (C=O) groups excluding carboxylic acids is 1. The first-order chi connectivity index (χ1) is 10.6. The molecule has 0 atom stereocenters. The molecule has 1 aromatic heterocycles. The van der Waals surface area contributed by atoms with E-state index in [4.69, 9.17) is 0 Å². The van der Waals surface area contributed by atoms with Crippen LogP contribution in [0.2, 0.25) is 0 Å². The van der Waals surface area contributed by atoms with E-state index in [2.05, 4.69) is 31.7 Å². The Bertz CT molecular complexity index is 689. The summed E-state index contributed by atoms with van der Waals surface area (Å²) in [7, 11) is 0. The Kier molecular flexibility index (Phi) is 4.31. The van der Waals surface area contributed by atoms with E-state index in [-0.39, 0.29) is 5.91 Å². The van der Waals surface area contributed by atoms with Crippen LogP contribution in [0.15, 0.2) is 28.7 Å². The molecule has 0 saturated carbocycles. The van der Waals surface area contributed by atoms with Gasteiger partial charge in [0.25, 0.3) is 5.91 Å². The van der Waals surface area contributed by atoms with Gasteiger partial charge in [0, 0.05) is 31.1 Å². The van der Waals surface area contributed by atoms with Gasteiger partial charge in [0.15, 0.2) is 0 Å². The van der Waals surface area contributed by atoms with E-state index in [9.17, 15) is 4.79 Å². The van der Waals surface area contributed by atoms with Gasteiger partial charge in [0.1, 0.15) is 0 Å². The first kappa shape index (κ1) is 15.2. The van der Waals surface area contributed by atoms with Crippen molar-refractivity contribution in [3.05, 3.63) is 45.7 Å². The molecule has 6 heteroatoms. The van der Waals surface area contributed by atoms with Gasteiger partial charge in [-0.05, 0) is 54.0 Å². The highest BCUT2D eigenvalue weighted by Crippen LogP contribution is 2.23. The van der Waals surface area contributed by atoms with Crippen LogP contribution in [0, 0.1) is 19.8 Å². The standard InChI is InChI=1S/C16H19BrN4O/c1-10-15(17)11(2)21(20-10)14-5-3-13(4-6-14)16(22)19-9-12-7-18-8-12/h3-6,12,18H,7-9H2,1-2H3,(H,19,22). The lowest BCUT2D eigenvalue weighted by Crippen LogP contribution is -2.48. The zero-order chi connectivity index (χ0) is 15.7. The van der Waals surface area contributed by atoms with E-state index in [1.54, 1.807) is 0 Å². The summed E-state index contributed by atoms with van der Waals surface area (Å²) >= 11 is 3.53. The quantitative estimate of drug-likeness (QED) is 0.876. The number of aromatic nitrogens is 2. The van der Waals surface area contributed by atoms with Crippen LogP contribution < -0.4 is 10.6 Å². The van der Waals surface area contributed by atoms with Gasteiger partial charge in [-0.25, -0.2) is 4.68 Å². The third kappa shape index (κ3) is 2.94. The highest BCUT2D eigenvalue weighted by atomic mass is 79.9. The summed E-state index contributed by atoms with van der Waals surface area (Å²) in [5, 5.41) is 10.7. The molecule has 2 aromatic rings. The third-order valence-corrected chi connectivity index (χ3v) is 5.14. The summed E-state index contributed by atoms with van der Waals surface area (Å²) < 4.78 is 2.89. The minimum absolute atomic E-state index is 0.0204. The largest absolute Gasteiger partial charge is 0.352 e. The van der Waals surface area contributed by atoms with Gasteiger partial charge in [-0.15, -0.1) is 0 Å². The molecule has 1 amide bonds. The molecule has 0 aliphatic carbocycles. The summed E-state index contributed by atoms with van der Waals surface area (Å²) in [6, 6.07) is 7.53. The molecule has 116 valence electrons. The molecule has 1 fully saturated rings. The fraction of sp³-hybridized carbons (Fsp3) is 0.375. The Balaban J connectivity index is 1.71. The molecule has 0 radical (unpaired) electrons. The number of carbonyl (C=O) groups is 1. The Morgan fingerprint density at radius 3 is 2.55 bits per heavy atom. The normalized spacial score (nSPS) is 14.7. The van der Waals surface area contributed by atoms with Crippen molar-refractivity contribution in [3.63, 3.8) is 0 Å². The fourth-order valence-electron chi connectivity index (χ4n) is 2.46. The van der Waals surface area contributed by atoms with E-state index in [1.165, 1.54) is 0 Å². The summed E-state index contributed by atoms with van der Waals surface area (Å²) in [5.74, 6) is 0.545. The Labute approximate surface area is 138 Å². The number of amides is 1. The molecule has 0 spiro atoms. The fourth-order valence-corrected chi connectivity index (χ4v) is 2.71.